The molecule has 0 atom stereocenters. The van der Waals surface area contributed by atoms with Gasteiger partial charge < -0.3 is 9.52 Å². The number of carbonyl (C=O) groups is 1. The summed E-state index contributed by atoms with van der Waals surface area (Å²) in [4.78, 5) is 11.3. The van der Waals surface area contributed by atoms with E-state index < -0.39 is 0 Å². The van der Waals surface area contributed by atoms with Gasteiger partial charge in [0.1, 0.15) is 16.9 Å². The molecule has 17 heavy (non-hydrogen) atoms. The van der Waals surface area contributed by atoms with Gasteiger partial charge in [-0.1, -0.05) is 0 Å². The predicted octanol–water partition coefficient (Wildman–Crippen LogP) is 3.49. The van der Waals surface area contributed by atoms with Crippen molar-refractivity contribution < 1.29 is 14.3 Å². The van der Waals surface area contributed by atoms with Crippen LogP contribution in [0, 0.1) is 0 Å². The van der Waals surface area contributed by atoms with Crippen molar-refractivity contribution in [2.24, 2.45) is 0 Å². The van der Waals surface area contributed by atoms with E-state index in [0.29, 0.717) is 11.1 Å². The van der Waals surface area contributed by atoms with Crippen LogP contribution in [-0.4, -0.2) is 10.9 Å². The van der Waals surface area contributed by atoms with Gasteiger partial charge >= 0.3 is 0 Å². The first kappa shape index (κ1) is 9.90. The minimum Gasteiger partial charge on any atom is -0.508 e. The summed E-state index contributed by atoms with van der Waals surface area (Å²) in [6.45, 7) is 1.53. The molecule has 0 amide bonds. The zero-order valence-corrected chi connectivity index (χ0v) is 9.23. The van der Waals surface area contributed by atoms with Crippen LogP contribution in [0.2, 0.25) is 0 Å². The van der Waals surface area contributed by atoms with E-state index in [-0.39, 0.29) is 11.5 Å². The zero-order valence-electron chi connectivity index (χ0n) is 9.23. The van der Waals surface area contributed by atoms with E-state index >= 15 is 0 Å². The average molecular weight is 226 g/mol. The van der Waals surface area contributed by atoms with Crippen molar-refractivity contribution in [2.45, 2.75) is 6.92 Å². The number of aromatic hydroxyl groups is 1. The fourth-order valence-electron chi connectivity index (χ4n) is 1.98. The molecule has 0 fully saturated rings. The number of Topliss-reactive ketones (excluding diaryl/α,β-unsaturated/α-hetero) is 1. The zero-order chi connectivity index (χ0) is 12.0. The second kappa shape index (κ2) is 3.35. The third kappa shape index (κ3) is 1.47. The molecule has 0 saturated heterocycles. The quantitative estimate of drug-likeness (QED) is 0.646. The molecular formula is C14H10O3. The van der Waals surface area contributed by atoms with Crippen LogP contribution in [0.4, 0.5) is 0 Å². The summed E-state index contributed by atoms with van der Waals surface area (Å²) in [5.74, 6) is 0.204. The maximum absolute atomic E-state index is 11.3. The lowest BCUT2D eigenvalue weighted by atomic mass is 10.1. The summed E-state index contributed by atoms with van der Waals surface area (Å²) in [5.41, 5.74) is 2.07. The molecule has 2 aromatic carbocycles. The summed E-state index contributed by atoms with van der Waals surface area (Å²) in [7, 11) is 0. The number of hydrogen-bond donors (Lipinski definition) is 1. The fraction of sp³-hybridized carbons (Fsp3) is 0.0714. The summed E-state index contributed by atoms with van der Waals surface area (Å²) >= 11 is 0. The maximum Gasteiger partial charge on any atom is 0.159 e. The number of fused-ring (bicyclic) bond motifs is 3. The van der Waals surface area contributed by atoms with Gasteiger partial charge in [-0.15, -0.1) is 0 Å². The van der Waals surface area contributed by atoms with Gasteiger partial charge in [0.25, 0.3) is 0 Å². The van der Waals surface area contributed by atoms with Gasteiger partial charge in [0.2, 0.25) is 0 Å². The summed E-state index contributed by atoms with van der Waals surface area (Å²) in [5, 5.41) is 11.2. The molecule has 0 saturated carbocycles. The maximum atomic E-state index is 11.3. The van der Waals surface area contributed by atoms with E-state index in [1.54, 1.807) is 36.4 Å². The molecule has 0 aliphatic heterocycles. The molecule has 84 valence electrons. The largest absolute Gasteiger partial charge is 0.508 e. The van der Waals surface area contributed by atoms with Crippen molar-refractivity contribution in [1.82, 2.24) is 0 Å². The van der Waals surface area contributed by atoms with Gasteiger partial charge in [0.15, 0.2) is 5.78 Å². The molecular weight excluding hydrogens is 216 g/mol. The van der Waals surface area contributed by atoms with E-state index in [1.807, 2.05) is 0 Å². The smallest absolute Gasteiger partial charge is 0.159 e. The van der Waals surface area contributed by atoms with Crippen LogP contribution >= 0.6 is 0 Å². The number of ketones is 1. The van der Waals surface area contributed by atoms with Crippen LogP contribution in [0.25, 0.3) is 21.9 Å². The van der Waals surface area contributed by atoms with Crippen LogP contribution in [0.1, 0.15) is 17.3 Å². The molecule has 3 rings (SSSR count). The molecule has 3 heteroatoms. The number of carbonyl (C=O) groups excluding carboxylic acids is 1. The van der Waals surface area contributed by atoms with Crippen molar-refractivity contribution in [3.05, 3.63) is 42.0 Å². The van der Waals surface area contributed by atoms with Crippen LogP contribution in [0.5, 0.6) is 5.75 Å². The first-order valence-electron chi connectivity index (χ1n) is 5.31. The minimum absolute atomic E-state index is 0.0152. The number of phenolic OH excluding ortho intramolecular Hbond substituents is 1. The Morgan fingerprint density at radius 1 is 1.06 bits per heavy atom. The van der Waals surface area contributed by atoms with Gasteiger partial charge in [0.05, 0.1) is 0 Å². The fourth-order valence-corrected chi connectivity index (χ4v) is 1.98. The number of rotatable bonds is 1. The summed E-state index contributed by atoms with van der Waals surface area (Å²) < 4.78 is 5.62. The van der Waals surface area contributed by atoms with Crippen molar-refractivity contribution in [2.75, 3.05) is 0 Å². The Labute approximate surface area is 97.3 Å². The van der Waals surface area contributed by atoms with Gasteiger partial charge in [-0.2, -0.15) is 0 Å². The Balaban J connectivity index is 2.43. The SMILES string of the molecule is CC(=O)c1ccc2oc3ccc(O)cc3c2c1. The van der Waals surface area contributed by atoms with Gasteiger partial charge in [-0.25, -0.2) is 0 Å². The molecule has 3 aromatic rings. The third-order valence-corrected chi connectivity index (χ3v) is 2.86. The van der Waals surface area contributed by atoms with Crippen LogP contribution < -0.4 is 0 Å². The highest BCUT2D eigenvalue weighted by molar-refractivity contribution is 6.08. The number of phenols is 1. The highest BCUT2D eigenvalue weighted by Gasteiger charge is 2.09. The van der Waals surface area contributed by atoms with Gasteiger partial charge in [-0.05, 0) is 43.3 Å². The second-order valence-electron chi connectivity index (χ2n) is 4.05. The van der Waals surface area contributed by atoms with E-state index in [0.717, 1.165) is 16.4 Å². The van der Waals surface area contributed by atoms with Gasteiger partial charge in [0, 0.05) is 16.3 Å². The summed E-state index contributed by atoms with van der Waals surface area (Å²) in [6.07, 6.45) is 0. The molecule has 1 heterocycles. The van der Waals surface area contributed by atoms with Crippen molar-refractivity contribution in [3.8, 4) is 5.75 Å². The van der Waals surface area contributed by atoms with Crippen molar-refractivity contribution in [1.29, 1.82) is 0 Å². The number of hydrogen-bond acceptors (Lipinski definition) is 3. The Hall–Kier alpha value is -2.29. The molecule has 3 nitrogen and oxygen atoms in total. The monoisotopic (exact) mass is 226 g/mol. The molecule has 0 unspecified atom stereocenters. The Bertz CT molecular complexity index is 738. The lowest BCUT2D eigenvalue weighted by Gasteiger charge is -1.95. The highest BCUT2D eigenvalue weighted by Crippen LogP contribution is 2.31. The standard InChI is InChI=1S/C14H10O3/c1-8(15)9-2-4-13-11(6-9)12-7-10(16)3-5-14(12)17-13/h2-7,16H,1H3. The first-order valence-corrected chi connectivity index (χ1v) is 5.31. The first-order chi connectivity index (χ1) is 8.15. The van der Waals surface area contributed by atoms with Gasteiger partial charge in [-0.3, -0.25) is 4.79 Å². The van der Waals surface area contributed by atoms with E-state index in [2.05, 4.69) is 0 Å². The molecule has 1 N–H and O–H groups in total. The number of benzene rings is 2. The second-order valence-corrected chi connectivity index (χ2v) is 4.05. The van der Waals surface area contributed by atoms with Crippen molar-refractivity contribution in [3.63, 3.8) is 0 Å². The van der Waals surface area contributed by atoms with Crippen LogP contribution in [0.3, 0.4) is 0 Å². The third-order valence-electron chi connectivity index (χ3n) is 2.86. The van der Waals surface area contributed by atoms with E-state index in [1.165, 1.54) is 6.92 Å². The molecule has 0 spiro atoms. The van der Waals surface area contributed by atoms with Crippen molar-refractivity contribution >= 4 is 27.7 Å². The predicted molar refractivity (Wildman–Crippen MR) is 65.4 cm³/mol. The molecule has 0 radical (unpaired) electrons. The molecule has 0 aliphatic rings. The van der Waals surface area contributed by atoms with E-state index in [9.17, 15) is 9.90 Å². The lowest BCUT2D eigenvalue weighted by molar-refractivity contribution is 0.101. The normalized spacial score (nSPS) is 11.1. The Morgan fingerprint density at radius 2 is 1.71 bits per heavy atom. The average Bonchev–Trinajstić information content (AvgIpc) is 2.66. The lowest BCUT2D eigenvalue weighted by Crippen LogP contribution is -1.89. The minimum atomic E-state index is 0.0152. The molecule has 0 aliphatic carbocycles. The summed E-state index contributed by atoms with van der Waals surface area (Å²) in [6, 6.07) is 10.3. The Kier molecular flexibility index (Phi) is 1.95. The van der Waals surface area contributed by atoms with E-state index in [4.69, 9.17) is 4.42 Å². The van der Waals surface area contributed by atoms with Crippen LogP contribution in [0.15, 0.2) is 40.8 Å². The highest BCUT2D eigenvalue weighted by atomic mass is 16.3. The number of furan rings is 1. The topological polar surface area (TPSA) is 50.4 Å². The Morgan fingerprint density at radius 3 is 2.41 bits per heavy atom. The molecule has 0 bridgehead atoms. The molecule has 1 aromatic heterocycles. The van der Waals surface area contributed by atoms with Crippen LogP contribution in [-0.2, 0) is 0 Å².